The lowest BCUT2D eigenvalue weighted by atomic mass is 10.1. The molecule has 1 unspecified atom stereocenters. The Hall–Kier alpha value is -1.59. The van der Waals surface area contributed by atoms with Crippen molar-refractivity contribution in [1.29, 1.82) is 0 Å². The van der Waals surface area contributed by atoms with Gasteiger partial charge in [-0.05, 0) is 37.7 Å². The third-order valence-corrected chi connectivity index (χ3v) is 3.33. The van der Waals surface area contributed by atoms with Gasteiger partial charge in [-0.1, -0.05) is 0 Å². The fraction of sp³-hybridized carbons (Fsp3) is 0.500. The molecule has 1 amide bonds. The number of carbonyl (C=O) groups is 1. The molecule has 19 heavy (non-hydrogen) atoms. The summed E-state index contributed by atoms with van der Waals surface area (Å²) in [5, 5.41) is 2.92. The molecular formula is C14H21N3O2. The largest absolute Gasteiger partial charge is 0.399 e. The van der Waals surface area contributed by atoms with Gasteiger partial charge in [0, 0.05) is 30.9 Å². The zero-order valence-corrected chi connectivity index (χ0v) is 11.5. The highest BCUT2D eigenvalue weighted by molar-refractivity contribution is 5.96. The number of amides is 1. The van der Waals surface area contributed by atoms with Crippen molar-refractivity contribution in [3.63, 3.8) is 0 Å². The molecule has 2 rings (SSSR count). The molecule has 0 aromatic heterocycles. The molecule has 0 saturated carbocycles. The van der Waals surface area contributed by atoms with Crippen LogP contribution in [0.15, 0.2) is 18.2 Å². The van der Waals surface area contributed by atoms with Crippen LogP contribution in [0.2, 0.25) is 0 Å². The molecule has 1 heterocycles. The fourth-order valence-corrected chi connectivity index (χ4v) is 2.23. The molecule has 1 saturated heterocycles. The topological polar surface area (TPSA) is 67.6 Å². The van der Waals surface area contributed by atoms with Gasteiger partial charge in [-0.3, -0.25) is 4.79 Å². The van der Waals surface area contributed by atoms with E-state index in [-0.39, 0.29) is 12.0 Å². The summed E-state index contributed by atoms with van der Waals surface area (Å²) >= 11 is 0. The molecule has 1 fully saturated rings. The first-order valence-electron chi connectivity index (χ1n) is 6.50. The number of carbonyl (C=O) groups excluding carboxylic acids is 1. The van der Waals surface area contributed by atoms with E-state index in [1.807, 2.05) is 6.92 Å². The number of likely N-dealkylation sites (N-methyl/N-ethyl adjacent to an activating group) is 1. The van der Waals surface area contributed by atoms with Crippen LogP contribution in [0.25, 0.3) is 0 Å². The molecule has 0 bridgehead atoms. The third kappa shape index (κ3) is 3.68. The number of nitrogens with one attached hydrogen (secondary N) is 1. The zero-order valence-electron chi connectivity index (χ0n) is 11.5. The Bertz CT molecular complexity index is 462. The minimum absolute atomic E-state index is 0.0665. The van der Waals surface area contributed by atoms with E-state index >= 15 is 0 Å². The molecule has 1 aliphatic heterocycles. The molecule has 5 heteroatoms. The monoisotopic (exact) mass is 263 g/mol. The minimum Gasteiger partial charge on any atom is -0.399 e. The number of hydrogen-bond donors (Lipinski definition) is 2. The molecule has 104 valence electrons. The van der Waals surface area contributed by atoms with Gasteiger partial charge >= 0.3 is 0 Å². The van der Waals surface area contributed by atoms with E-state index in [2.05, 4.69) is 17.3 Å². The molecule has 0 aliphatic carbocycles. The van der Waals surface area contributed by atoms with Crippen LogP contribution in [0.1, 0.15) is 15.9 Å². The van der Waals surface area contributed by atoms with Crippen LogP contribution >= 0.6 is 0 Å². The van der Waals surface area contributed by atoms with Crippen molar-refractivity contribution in [2.24, 2.45) is 0 Å². The van der Waals surface area contributed by atoms with Crippen molar-refractivity contribution in [2.75, 3.05) is 39.0 Å². The average Bonchev–Trinajstić information content (AvgIpc) is 2.36. The number of nitrogen functional groups attached to an aromatic ring is 1. The normalized spacial score (nSPS) is 20.2. The summed E-state index contributed by atoms with van der Waals surface area (Å²) in [7, 11) is 2.06. The van der Waals surface area contributed by atoms with E-state index < -0.39 is 0 Å². The van der Waals surface area contributed by atoms with Crippen LogP contribution < -0.4 is 11.1 Å². The van der Waals surface area contributed by atoms with Gasteiger partial charge in [0.15, 0.2) is 0 Å². The molecule has 1 aliphatic rings. The highest BCUT2D eigenvalue weighted by atomic mass is 16.5. The van der Waals surface area contributed by atoms with Crippen LogP contribution in [0, 0.1) is 6.92 Å². The molecule has 1 aromatic carbocycles. The molecule has 0 spiro atoms. The zero-order chi connectivity index (χ0) is 13.8. The summed E-state index contributed by atoms with van der Waals surface area (Å²) < 4.78 is 5.61. The lowest BCUT2D eigenvalue weighted by Gasteiger charge is -2.30. The summed E-state index contributed by atoms with van der Waals surface area (Å²) in [5.74, 6) is -0.0747. The Kier molecular flexibility index (Phi) is 4.39. The summed E-state index contributed by atoms with van der Waals surface area (Å²) in [6, 6.07) is 5.31. The molecule has 0 radical (unpaired) electrons. The first kappa shape index (κ1) is 13.8. The second-order valence-electron chi connectivity index (χ2n) is 5.04. The fourth-order valence-electron chi connectivity index (χ4n) is 2.23. The third-order valence-electron chi connectivity index (χ3n) is 3.33. The van der Waals surface area contributed by atoms with Crippen molar-refractivity contribution < 1.29 is 9.53 Å². The van der Waals surface area contributed by atoms with Gasteiger partial charge in [-0.2, -0.15) is 0 Å². The number of morpholine rings is 1. The van der Waals surface area contributed by atoms with Crippen LogP contribution in [0.4, 0.5) is 5.69 Å². The van der Waals surface area contributed by atoms with Gasteiger partial charge in [-0.15, -0.1) is 0 Å². The maximum Gasteiger partial charge on any atom is 0.251 e. The van der Waals surface area contributed by atoms with Gasteiger partial charge in [0.25, 0.3) is 5.91 Å². The summed E-state index contributed by atoms with van der Waals surface area (Å²) in [4.78, 5) is 14.3. The highest BCUT2D eigenvalue weighted by Gasteiger charge is 2.18. The van der Waals surface area contributed by atoms with Crippen LogP contribution in [-0.2, 0) is 4.74 Å². The number of aryl methyl sites for hydroxylation is 1. The quantitative estimate of drug-likeness (QED) is 0.785. The van der Waals surface area contributed by atoms with E-state index in [0.29, 0.717) is 17.8 Å². The smallest absolute Gasteiger partial charge is 0.251 e. The molecule has 1 atom stereocenters. The van der Waals surface area contributed by atoms with E-state index in [9.17, 15) is 4.79 Å². The molecule has 5 nitrogen and oxygen atoms in total. The maximum absolute atomic E-state index is 12.1. The first-order valence-corrected chi connectivity index (χ1v) is 6.50. The number of anilines is 1. The molecule has 3 N–H and O–H groups in total. The lowest BCUT2D eigenvalue weighted by molar-refractivity contribution is -0.0175. The predicted molar refractivity (Wildman–Crippen MR) is 75.2 cm³/mol. The van der Waals surface area contributed by atoms with Gasteiger partial charge in [0.05, 0.1) is 12.7 Å². The summed E-state index contributed by atoms with van der Waals surface area (Å²) in [6.45, 7) is 4.93. The van der Waals surface area contributed by atoms with E-state index in [4.69, 9.17) is 10.5 Å². The van der Waals surface area contributed by atoms with Gasteiger partial charge in [0.2, 0.25) is 0 Å². The summed E-state index contributed by atoms with van der Waals surface area (Å²) in [6.07, 6.45) is 0.0665. The van der Waals surface area contributed by atoms with Crippen LogP contribution in [-0.4, -0.2) is 50.2 Å². The number of benzene rings is 1. The Balaban J connectivity index is 1.90. The molecule has 1 aromatic rings. The lowest BCUT2D eigenvalue weighted by Crippen LogP contribution is -2.46. The van der Waals surface area contributed by atoms with Gasteiger partial charge < -0.3 is 20.7 Å². The van der Waals surface area contributed by atoms with Crippen LogP contribution in [0.5, 0.6) is 0 Å². The van der Waals surface area contributed by atoms with E-state index in [1.165, 1.54) is 0 Å². The van der Waals surface area contributed by atoms with E-state index in [1.54, 1.807) is 18.2 Å². The number of rotatable bonds is 3. The van der Waals surface area contributed by atoms with E-state index in [0.717, 1.165) is 25.3 Å². The number of nitrogens with two attached hydrogens (primary N) is 1. The maximum atomic E-state index is 12.1. The standard InChI is InChI=1S/C14H21N3O2/c1-10-7-11(15)3-4-13(10)14(18)16-8-12-9-17(2)5-6-19-12/h3-4,7,12H,5-6,8-9,15H2,1-2H3,(H,16,18). The number of nitrogens with zero attached hydrogens (tertiary/aromatic N) is 1. The van der Waals surface area contributed by atoms with Crippen molar-refractivity contribution in [3.05, 3.63) is 29.3 Å². The van der Waals surface area contributed by atoms with Crippen molar-refractivity contribution in [2.45, 2.75) is 13.0 Å². The van der Waals surface area contributed by atoms with Gasteiger partial charge in [0.1, 0.15) is 0 Å². The second-order valence-corrected chi connectivity index (χ2v) is 5.04. The van der Waals surface area contributed by atoms with Gasteiger partial charge in [-0.25, -0.2) is 0 Å². The summed E-state index contributed by atoms with van der Waals surface area (Å²) in [5.41, 5.74) is 7.90. The predicted octanol–water partition coefficient (Wildman–Crippen LogP) is 0.638. The minimum atomic E-state index is -0.0747. The SMILES string of the molecule is Cc1cc(N)ccc1C(=O)NCC1CN(C)CCO1. The second kappa shape index (κ2) is 6.04. The Morgan fingerprint density at radius 3 is 3.05 bits per heavy atom. The average molecular weight is 263 g/mol. The van der Waals surface area contributed by atoms with Crippen LogP contribution in [0.3, 0.4) is 0 Å². The number of hydrogen-bond acceptors (Lipinski definition) is 4. The number of ether oxygens (including phenoxy) is 1. The van der Waals surface area contributed by atoms with Crippen molar-refractivity contribution >= 4 is 11.6 Å². The Morgan fingerprint density at radius 2 is 2.37 bits per heavy atom. The van der Waals surface area contributed by atoms with Crippen molar-refractivity contribution in [3.8, 4) is 0 Å². The molecular weight excluding hydrogens is 242 g/mol. The highest BCUT2D eigenvalue weighted by Crippen LogP contribution is 2.12. The Labute approximate surface area is 113 Å². The Morgan fingerprint density at radius 1 is 1.58 bits per heavy atom. The first-order chi connectivity index (χ1) is 9.06. The van der Waals surface area contributed by atoms with Crippen molar-refractivity contribution in [1.82, 2.24) is 10.2 Å².